The van der Waals surface area contributed by atoms with Crippen LogP contribution in [-0.2, 0) is 0 Å². The van der Waals surface area contributed by atoms with Crippen LogP contribution in [0.1, 0.15) is 10.5 Å². The molecule has 2 aromatic carbocycles. The summed E-state index contributed by atoms with van der Waals surface area (Å²) in [4.78, 5) is 14.3. The zero-order valence-corrected chi connectivity index (χ0v) is 14.2. The molecule has 2 heterocycles. The molecule has 1 aliphatic rings. The smallest absolute Gasteiger partial charge is 0.293 e. The summed E-state index contributed by atoms with van der Waals surface area (Å²) < 4.78 is 7.39. The van der Waals surface area contributed by atoms with E-state index in [-0.39, 0.29) is 5.69 Å². The maximum atomic E-state index is 12.1. The molecule has 7 nitrogen and oxygen atoms in total. The average molecular weight is 350 g/mol. The van der Waals surface area contributed by atoms with E-state index in [9.17, 15) is 4.79 Å². The van der Waals surface area contributed by atoms with Crippen LogP contribution in [0.2, 0.25) is 0 Å². The third-order valence-corrected chi connectivity index (χ3v) is 4.40. The molecule has 2 N–H and O–H groups in total. The summed E-state index contributed by atoms with van der Waals surface area (Å²) in [5, 5.41) is 13.7. The number of benzene rings is 2. The van der Waals surface area contributed by atoms with Crippen molar-refractivity contribution in [3.63, 3.8) is 0 Å². The molecule has 1 aromatic heterocycles. The molecule has 0 unspecified atom stereocenters. The number of aromatic nitrogens is 2. The van der Waals surface area contributed by atoms with E-state index in [2.05, 4.69) is 10.00 Å². The number of likely N-dealkylation sites (N-methyl/N-ethyl adjacent to an activating group) is 1. The summed E-state index contributed by atoms with van der Waals surface area (Å²) >= 11 is 0. The molecule has 0 saturated heterocycles. The number of anilines is 1. The fraction of sp³-hybridized carbons (Fsp3) is 0.158. The number of hydroxylamine groups is 1. The fourth-order valence-corrected chi connectivity index (χ4v) is 3.08. The van der Waals surface area contributed by atoms with Crippen LogP contribution >= 0.6 is 0 Å². The molecule has 132 valence electrons. The number of nitrogens with one attached hydrogen (secondary N) is 1. The third kappa shape index (κ3) is 2.68. The standard InChI is InChI=1S/C19H18N4O3/c1-22-10-11-26-18-14(8-5-9-16(18)22)15-12-17(19(24)21-25)23(20-15)13-6-3-2-4-7-13/h2-9,12,25H,10-11H2,1H3,(H,21,24). The van der Waals surface area contributed by atoms with Gasteiger partial charge in [0.1, 0.15) is 12.3 Å². The van der Waals surface area contributed by atoms with Crippen LogP contribution in [0.5, 0.6) is 5.75 Å². The molecule has 3 aromatic rings. The minimum absolute atomic E-state index is 0.232. The van der Waals surface area contributed by atoms with E-state index in [4.69, 9.17) is 9.94 Å². The Morgan fingerprint density at radius 2 is 2.00 bits per heavy atom. The summed E-state index contributed by atoms with van der Waals surface area (Å²) in [6.45, 7) is 1.40. The van der Waals surface area contributed by atoms with Crippen molar-refractivity contribution in [2.24, 2.45) is 0 Å². The Bertz CT molecular complexity index is 953. The quantitative estimate of drug-likeness (QED) is 0.560. The van der Waals surface area contributed by atoms with Gasteiger partial charge in [0.05, 0.1) is 23.6 Å². The van der Waals surface area contributed by atoms with Gasteiger partial charge in [-0.1, -0.05) is 24.3 Å². The van der Waals surface area contributed by atoms with Crippen LogP contribution in [0.3, 0.4) is 0 Å². The van der Waals surface area contributed by atoms with Gasteiger partial charge in [0, 0.05) is 12.6 Å². The van der Waals surface area contributed by atoms with Crippen LogP contribution in [0.15, 0.2) is 54.6 Å². The van der Waals surface area contributed by atoms with Crippen molar-refractivity contribution in [3.8, 4) is 22.7 Å². The van der Waals surface area contributed by atoms with E-state index in [1.165, 1.54) is 4.68 Å². The van der Waals surface area contributed by atoms with Gasteiger partial charge in [-0.3, -0.25) is 10.0 Å². The summed E-state index contributed by atoms with van der Waals surface area (Å²) in [6, 6.07) is 16.8. The molecule has 0 spiro atoms. The Morgan fingerprint density at radius 3 is 2.77 bits per heavy atom. The number of hydrogen-bond donors (Lipinski definition) is 2. The van der Waals surface area contributed by atoms with Crippen molar-refractivity contribution in [3.05, 3.63) is 60.3 Å². The normalized spacial score (nSPS) is 13.1. The number of rotatable bonds is 3. The number of carbonyl (C=O) groups is 1. The van der Waals surface area contributed by atoms with E-state index in [1.807, 2.05) is 55.6 Å². The van der Waals surface area contributed by atoms with Crippen molar-refractivity contribution in [2.75, 3.05) is 25.1 Å². The molecule has 0 atom stereocenters. The maximum absolute atomic E-state index is 12.1. The molecule has 0 fully saturated rings. The van der Waals surface area contributed by atoms with Gasteiger partial charge in [0.25, 0.3) is 5.91 Å². The van der Waals surface area contributed by atoms with Crippen LogP contribution < -0.4 is 15.1 Å². The fourth-order valence-electron chi connectivity index (χ4n) is 3.08. The van der Waals surface area contributed by atoms with Crippen molar-refractivity contribution in [1.29, 1.82) is 0 Å². The summed E-state index contributed by atoms with van der Waals surface area (Å²) in [7, 11) is 2.01. The van der Waals surface area contributed by atoms with E-state index in [1.54, 1.807) is 11.5 Å². The summed E-state index contributed by atoms with van der Waals surface area (Å²) in [6.07, 6.45) is 0. The molecule has 0 aliphatic carbocycles. The summed E-state index contributed by atoms with van der Waals surface area (Å²) in [5.74, 6) is 0.116. The van der Waals surface area contributed by atoms with Crippen LogP contribution in [0, 0.1) is 0 Å². The number of amides is 1. The van der Waals surface area contributed by atoms with Gasteiger partial charge in [-0.25, -0.2) is 10.2 Å². The maximum Gasteiger partial charge on any atom is 0.293 e. The van der Waals surface area contributed by atoms with E-state index < -0.39 is 5.91 Å². The lowest BCUT2D eigenvalue weighted by molar-refractivity contribution is 0.0697. The van der Waals surface area contributed by atoms with Crippen molar-refractivity contribution >= 4 is 11.6 Å². The van der Waals surface area contributed by atoms with Gasteiger partial charge in [0.15, 0.2) is 5.75 Å². The topological polar surface area (TPSA) is 79.6 Å². The molecule has 0 radical (unpaired) electrons. The highest BCUT2D eigenvalue weighted by molar-refractivity contribution is 5.94. The third-order valence-electron chi connectivity index (χ3n) is 4.40. The average Bonchev–Trinajstić information content (AvgIpc) is 3.13. The predicted octanol–water partition coefficient (Wildman–Crippen LogP) is 2.49. The molecule has 26 heavy (non-hydrogen) atoms. The van der Waals surface area contributed by atoms with Gasteiger partial charge in [-0.2, -0.15) is 5.10 Å². The van der Waals surface area contributed by atoms with E-state index in [0.29, 0.717) is 12.3 Å². The highest BCUT2D eigenvalue weighted by Gasteiger charge is 2.23. The highest BCUT2D eigenvalue weighted by atomic mass is 16.5. The zero-order valence-electron chi connectivity index (χ0n) is 14.2. The second-order valence-corrected chi connectivity index (χ2v) is 6.03. The molecule has 0 bridgehead atoms. The molecule has 4 rings (SSSR count). The van der Waals surface area contributed by atoms with Crippen LogP contribution in [-0.4, -0.2) is 41.1 Å². The van der Waals surface area contributed by atoms with Crippen molar-refractivity contribution in [2.45, 2.75) is 0 Å². The largest absolute Gasteiger partial charge is 0.489 e. The van der Waals surface area contributed by atoms with E-state index >= 15 is 0 Å². The van der Waals surface area contributed by atoms with Crippen LogP contribution in [0.4, 0.5) is 5.69 Å². The number of nitrogens with zero attached hydrogens (tertiary/aromatic N) is 3. The second-order valence-electron chi connectivity index (χ2n) is 6.03. The zero-order chi connectivity index (χ0) is 18.1. The van der Waals surface area contributed by atoms with Crippen molar-refractivity contribution < 1.29 is 14.7 Å². The lowest BCUT2D eigenvalue weighted by atomic mass is 10.1. The minimum atomic E-state index is -0.629. The van der Waals surface area contributed by atoms with Gasteiger partial charge < -0.3 is 9.64 Å². The van der Waals surface area contributed by atoms with Gasteiger partial charge in [-0.05, 0) is 30.3 Å². The Labute approximate surface area is 150 Å². The molecule has 1 amide bonds. The van der Waals surface area contributed by atoms with Crippen LogP contribution in [0.25, 0.3) is 16.9 Å². The number of hydrogen-bond acceptors (Lipinski definition) is 5. The lowest BCUT2D eigenvalue weighted by Gasteiger charge is -2.28. The lowest BCUT2D eigenvalue weighted by Crippen LogP contribution is -2.28. The van der Waals surface area contributed by atoms with E-state index in [0.717, 1.165) is 29.2 Å². The molecule has 0 saturated carbocycles. The SMILES string of the molecule is CN1CCOc2c(-c3cc(C(=O)NO)n(-c4ccccc4)n3)cccc21. The molecule has 1 aliphatic heterocycles. The summed E-state index contributed by atoms with van der Waals surface area (Å²) in [5.41, 5.74) is 5.02. The Hall–Kier alpha value is -3.32. The Kier molecular flexibility index (Phi) is 4.06. The van der Waals surface area contributed by atoms with Gasteiger partial charge >= 0.3 is 0 Å². The molecule has 7 heteroatoms. The first-order chi connectivity index (χ1) is 12.7. The minimum Gasteiger partial charge on any atom is -0.489 e. The first-order valence-electron chi connectivity index (χ1n) is 8.26. The molecular formula is C19H18N4O3. The predicted molar refractivity (Wildman–Crippen MR) is 97.0 cm³/mol. The number of fused-ring (bicyclic) bond motifs is 1. The Balaban J connectivity index is 1.88. The van der Waals surface area contributed by atoms with Gasteiger partial charge in [-0.15, -0.1) is 0 Å². The molecular weight excluding hydrogens is 332 g/mol. The Morgan fingerprint density at radius 1 is 1.19 bits per heavy atom. The van der Waals surface area contributed by atoms with Gasteiger partial charge in [0.2, 0.25) is 0 Å². The number of carbonyl (C=O) groups excluding carboxylic acids is 1. The highest BCUT2D eigenvalue weighted by Crippen LogP contribution is 2.39. The second kappa shape index (κ2) is 6.53. The first-order valence-corrected chi connectivity index (χ1v) is 8.26. The first kappa shape index (κ1) is 16.2. The number of para-hydroxylation sites is 2. The van der Waals surface area contributed by atoms with Crippen molar-refractivity contribution in [1.82, 2.24) is 15.3 Å². The monoisotopic (exact) mass is 350 g/mol. The number of ether oxygens (including phenoxy) is 1.